The Morgan fingerprint density at radius 1 is 1.47 bits per heavy atom. The highest BCUT2D eigenvalue weighted by Crippen LogP contribution is 2.08. The number of carbonyl (C=O) groups excluding carboxylic acids is 1. The summed E-state index contributed by atoms with van der Waals surface area (Å²) in [5.41, 5.74) is -0.135. The lowest BCUT2D eigenvalue weighted by molar-refractivity contribution is -0.148. The second-order valence-corrected chi connectivity index (χ2v) is 4.38. The van der Waals surface area contributed by atoms with Crippen LogP contribution in [0.3, 0.4) is 0 Å². The Bertz CT molecular complexity index is 679. The van der Waals surface area contributed by atoms with Crippen LogP contribution in [0, 0.1) is 5.82 Å². The first-order chi connectivity index (χ1) is 8.97. The molecule has 0 saturated carbocycles. The zero-order chi connectivity index (χ0) is 14.0. The van der Waals surface area contributed by atoms with Gasteiger partial charge in [0.1, 0.15) is 12.4 Å². The molecule has 0 aliphatic carbocycles. The summed E-state index contributed by atoms with van der Waals surface area (Å²) in [4.78, 5) is 27.5. The minimum absolute atomic E-state index is 0.211. The van der Waals surface area contributed by atoms with Crippen molar-refractivity contribution in [2.45, 2.75) is 26.5 Å². The van der Waals surface area contributed by atoms with Crippen LogP contribution in [0.15, 0.2) is 29.3 Å². The SMILES string of the molecule is CC(C)OC(=O)Cn1cnc2cc(F)ccc2c1=O. The van der Waals surface area contributed by atoms with Crippen molar-refractivity contribution < 1.29 is 13.9 Å². The lowest BCUT2D eigenvalue weighted by Crippen LogP contribution is -2.26. The fraction of sp³-hybridized carbons (Fsp3) is 0.308. The Labute approximate surface area is 108 Å². The third-order valence-corrected chi connectivity index (χ3v) is 2.45. The Hall–Kier alpha value is -2.24. The first-order valence-corrected chi connectivity index (χ1v) is 5.81. The third kappa shape index (κ3) is 2.96. The Balaban J connectivity index is 2.35. The van der Waals surface area contributed by atoms with Crippen LogP contribution in [0.1, 0.15) is 13.8 Å². The molecule has 0 unspecified atom stereocenters. The van der Waals surface area contributed by atoms with Gasteiger partial charge < -0.3 is 4.74 Å². The Kier molecular flexibility index (Phi) is 3.59. The summed E-state index contributed by atoms with van der Waals surface area (Å²) in [5.74, 6) is -0.975. The number of esters is 1. The highest BCUT2D eigenvalue weighted by Gasteiger charge is 2.10. The van der Waals surface area contributed by atoms with E-state index in [2.05, 4.69) is 4.98 Å². The van der Waals surface area contributed by atoms with Crippen molar-refractivity contribution in [3.63, 3.8) is 0 Å². The van der Waals surface area contributed by atoms with E-state index in [0.717, 1.165) is 4.57 Å². The van der Waals surface area contributed by atoms with E-state index in [0.29, 0.717) is 0 Å². The van der Waals surface area contributed by atoms with Gasteiger partial charge in [-0.05, 0) is 26.0 Å². The summed E-state index contributed by atoms with van der Waals surface area (Å²) >= 11 is 0. The van der Waals surface area contributed by atoms with Crippen molar-refractivity contribution >= 4 is 16.9 Å². The van der Waals surface area contributed by atoms with Gasteiger partial charge in [-0.1, -0.05) is 0 Å². The number of fused-ring (bicyclic) bond motifs is 1. The zero-order valence-electron chi connectivity index (χ0n) is 10.6. The molecule has 0 aliphatic heterocycles. The van der Waals surface area contributed by atoms with Crippen molar-refractivity contribution in [3.05, 3.63) is 40.7 Å². The molecule has 1 aromatic heterocycles. The van der Waals surface area contributed by atoms with Crippen LogP contribution in [-0.4, -0.2) is 21.6 Å². The molecule has 6 heteroatoms. The molecule has 0 amide bonds. The van der Waals surface area contributed by atoms with Gasteiger partial charge in [-0.15, -0.1) is 0 Å². The Morgan fingerprint density at radius 3 is 2.89 bits per heavy atom. The maximum Gasteiger partial charge on any atom is 0.326 e. The maximum atomic E-state index is 13.0. The molecule has 0 fully saturated rings. The summed E-state index contributed by atoms with van der Waals surface area (Å²) in [6.45, 7) is 3.24. The van der Waals surface area contributed by atoms with Gasteiger partial charge in [0, 0.05) is 6.07 Å². The molecular formula is C13H13FN2O3. The van der Waals surface area contributed by atoms with Crippen molar-refractivity contribution in [1.29, 1.82) is 0 Å². The predicted octanol–water partition coefficient (Wildman–Crippen LogP) is 1.49. The van der Waals surface area contributed by atoms with Crippen LogP contribution in [0.4, 0.5) is 4.39 Å². The number of rotatable bonds is 3. The molecule has 100 valence electrons. The molecule has 0 bridgehead atoms. The van der Waals surface area contributed by atoms with E-state index in [4.69, 9.17) is 4.74 Å². The number of ether oxygens (including phenoxy) is 1. The fourth-order valence-corrected chi connectivity index (χ4v) is 1.68. The average molecular weight is 264 g/mol. The lowest BCUT2D eigenvalue weighted by atomic mass is 10.2. The number of hydrogen-bond acceptors (Lipinski definition) is 4. The van der Waals surface area contributed by atoms with Crippen LogP contribution >= 0.6 is 0 Å². The molecule has 0 radical (unpaired) electrons. The molecule has 0 saturated heterocycles. The van der Waals surface area contributed by atoms with Crippen LogP contribution in [0.25, 0.3) is 10.9 Å². The van der Waals surface area contributed by atoms with Gasteiger partial charge in [-0.3, -0.25) is 14.2 Å². The van der Waals surface area contributed by atoms with E-state index in [1.807, 2.05) is 0 Å². The summed E-state index contributed by atoms with van der Waals surface area (Å²) in [6.07, 6.45) is 0.969. The minimum atomic E-state index is -0.514. The molecule has 5 nitrogen and oxygen atoms in total. The molecule has 2 rings (SSSR count). The molecule has 19 heavy (non-hydrogen) atoms. The van der Waals surface area contributed by atoms with E-state index in [1.165, 1.54) is 24.5 Å². The summed E-state index contributed by atoms with van der Waals surface area (Å²) < 4.78 is 19.1. The van der Waals surface area contributed by atoms with Crippen LogP contribution in [0.2, 0.25) is 0 Å². The van der Waals surface area contributed by atoms with Crippen LogP contribution in [-0.2, 0) is 16.1 Å². The molecule has 2 aromatic rings. The predicted molar refractivity (Wildman–Crippen MR) is 67.2 cm³/mol. The van der Waals surface area contributed by atoms with Crippen LogP contribution in [0.5, 0.6) is 0 Å². The van der Waals surface area contributed by atoms with Crippen molar-refractivity contribution in [1.82, 2.24) is 9.55 Å². The maximum absolute atomic E-state index is 13.0. The van der Waals surface area contributed by atoms with Gasteiger partial charge in [0.15, 0.2) is 0 Å². The summed E-state index contributed by atoms with van der Waals surface area (Å²) in [7, 11) is 0. The topological polar surface area (TPSA) is 61.2 Å². The van der Waals surface area contributed by atoms with E-state index in [9.17, 15) is 14.0 Å². The van der Waals surface area contributed by atoms with Crippen molar-refractivity contribution in [2.75, 3.05) is 0 Å². The van der Waals surface area contributed by atoms with Gasteiger partial charge in [0.05, 0.1) is 23.3 Å². The first-order valence-electron chi connectivity index (χ1n) is 5.81. The van der Waals surface area contributed by atoms with E-state index in [-0.39, 0.29) is 23.6 Å². The van der Waals surface area contributed by atoms with Gasteiger partial charge in [-0.2, -0.15) is 0 Å². The number of halogens is 1. The number of carbonyl (C=O) groups is 1. The standard InChI is InChI=1S/C13H13FN2O3/c1-8(2)19-12(17)6-16-7-15-11-5-9(14)3-4-10(11)13(16)18/h3-5,7-8H,6H2,1-2H3. The second kappa shape index (κ2) is 5.17. The number of aromatic nitrogens is 2. The normalized spacial score (nSPS) is 10.9. The number of nitrogens with zero attached hydrogens (tertiary/aromatic N) is 2. The van der Waals surface area contributed by atoms with Gasteiger partial charge >= 0.3 is 5.97 Å². The molecular weight excluding hydrogens is 251 g/mol. The summed E-state index contributed by atoms with van der Waals surface area (Å²) in [5, 5.41) is 0.265. The van der Waals surface area contributed by atoms with E-state index in [1.54, 1.807) is 13.8 Å². The molecule has 0 N–H and O–H groups in total. The molecule has 0 atom stereocenters. The smallest absolute Gasteiger partial charge is 0.326 e. The second-order valence-electron chi connectivity index (χ2n) is 4.38. The Morgan fingerprint density at radius 2 is 2.21 bits per heavy atom. The molecule has 0 spiro atoms. The highest BCUT2D eigenvalue weighted by molar-refractivity contribution is 5.77. The number of hydrogen-bond donors (Lipinski definition) is 0. The van der Waals surface area contributed by atoms with Crippen molar-refractivity contribution in [2.24, 2.45) is 0 Å². The number of benzene rings is 1. The van der Waals surface area contributed by atoms with Crippen LogP contribution < -0.4 is 5.56 Å². The van der Waals surface area contributed by atoms with Gasteiger partial charge in [-0.25, -0.2) is 9.37 Å². The fourth-order valence-electron chi connectivity index (χ4n) is 1.68. The van der Waals surface area contributed by atoms with Gasteiger partial charge in [0.25, 0.3) is 5.56 Å². The molecule has 0 aliphatic rings. The lowest BCUT2D eigenvalue weighted by Gasteiger charge is -2.09. The summed E-state index contributed by atoms with van der Waals surface area (Å²) in [6, 6.07) is 3.71. The van der Waals surface area contributed by atoms with E-state index < -0.39 is 17.3 Å². The zero-order valence-corrected chi connectivity index (χ0v) is 10.6. The molecule has 1 aromatic carbocycles. The van der Waals surface area contributed by atoms with Crippen molar-refractivity contribution in [3.8, 4) is 0 Å². The minimum Gasteiger partial charge on any atom is -0.462 e. The van der Waals surface area contributed by atoms with Gasteiger partial charge in [0.2, 0.25) is 0 Å². The monoisotopic (exact) mass is 264 g/mol. The average Bonchev–Trinajstić information content (AvgIpc) is 2.31. The third-order valence-electron chi connectivity index (χ3n) is 2.45. The quantitative estimate of drug-likeness (QED) is 0.788. The highest BCUT2D eigenvalue weighted by atomic mass is 19.1. The first kappa shape index (κ1) is 13.2. The van der Waals surface area contributed by atoms with E-state index >= 15 is 0 Å². The largest absolute Gasteiger partial charge is 0.462 e. The molecule has 1 heterocycles.